The van der Waals surface area contributed by atoms with Crippen LogP contribution in [0.15, 0.2) is 42.5 Å². The number of amides is 2. The molecule has 0 unspecified atom stereocenters. The number of carbonyl (C=O) groups is 2. The predicted octanol–water partition coefficient (Wildman–Crippen LogP) is 3.88. The lowest BCUT2D eigenvalue weighted by molar-refractivity contribution is -0.133. The number of carbonyl (C=O) groups excluding carboxylic acids is 2. The minimum atomic E-state index is -0.743. The summed E-state index contributed by atoms with van der Waals surface area (Å²) >= 11 is 0. The second-order valence-corrected chi connectivity index (χ2v) is 6.89. The molecular formula is C20H24N2O3. The van der Waals surface area contributed by atoms with Crippen molar-refractivity contribution < 1.29 is 14.3 Å². The number of methoxy groups -OCH3 is 1. The lowest BCUT2D eigenvalue weighted by Crippen LogP contribution is -2.29. The van der Waals surface area contributed by atoms with Crippen LogP contribution in [0.4, 0.5) is 11.4 Å². The summed E-state index contributed by atoms with van der Waals surface area (Å²) in [4.78, 5) is 24.5. The molecule has 25 heavy (non-hydrogen) atoms. The number of anilines is 2. The molecule has 2 amide bonds. The van der Waals surface area contributed by atoms with Gasteiger partial charge in [0.2, 0.25) is 0 Å². The Balaban J connectivity index is 2.19. The van der Waals surface area contributed by atoms with Crippen LogP contribution in [-0.4, -0.2) is 18.9 Å². The Morgan fingerprint density at radius 3 is 2.08 bits per heavy atom. The first kappa shape index (κ1) is 18.5. The van der Waals surface area contributed by atoms with E-state index in [1.165, 1.54) is 7.11 Å². The maximum atomic E-state index is 12.3. The Morgan fingerprint density at radius 2 is 1.52 bits per heavy atom. The average molecular weight is 340 g/mol. The Labute approximate surface area is 148 Å². The minimum Gasteiger partial charge on any atom is -0.495 e. The fourth-order valence-electron chi connectivity index (χ4n) is 2.34. The van der Waals surface area contributed by atoms with Crippen LogP contribution in [-0.2, 0) is 15.0 Å². The number of aryl methyl sites for hydroxylation is 1. The Bertz CT molecular complexity index is 792. The molecule has 0 bridgehead atoms. The third kappa shape index (κ3) is 4.59. The van der Waals surface area contributed by atoms with E-state index < -0.39 is 11.8 Å². The summed E-state index contributed by atoms with van der Waals surface area (Å²) in [6, 6.07) is 12.9. The third-order valence-electron chi connectivity index (χ3n) is 3.91. The molecule has 0 aliphatic heterocycles. The summed E-state index contributed by atoms with van der Waals surface area (Å²) in [6.45, 7) is 8.09. The van der Waals surface area contributed by atoms with Crippen molar-refractivity contribution in [3.8, 4) is 5.75 Å². The molecule has 0 saturated carbocycles. The highest BCUT2D eigenvalue weighted by atomic mass is 16.5. The topological polar surface area (TPSA) is 67.4 Å². The zero-order valence-electron chi connectivity index (χ0n) is 15.3. The van der Waals surface area contributed by atoms with Crippen LogP contribution in [0.1, 0.15) is 31.9 Å². The van der Waals surface area contributed by atoms with E-state index in [0.29, 0.717) is 17.1 Å². The van der Waals surface area contributed by atoms with E-state index in [4.69, 9.17) is 4.74 Å². The van der Waals surface area contributed by atoms with Gasteiger partial charge < -0.3 is 15.4 Å². The fraction of sp³-hybridized carbons (Fsp3) is 0.300. The van der Waals surface area contributed by atoms with Gasteiger partial charge >= 0.3 is 11.8 Å². The van der Waals surface area contributed by atoms with Gasteiger partial charge in [-0.15, -0.1) is 0 Å². The van der Waals surface area contributed by atoms with Gasteiger partial charge in [-0.05, 0) is 41.7 Å². The molecule has 5 nitrogen and oxygen atoms in total. The Hall–Kier alpha value is -2.82. The second-order valence-electron chi connectivity index (χ2n) is 6.89. The van der Waals surface area contributed by atoms with Crippen LogP contribution in [0.25, 0.3) is 0 Å². The largest absolute Gasteiger partial charge is 0.495 e. The summed E-state index contributed by atoms with van der Waals surface area (Å²) in [5.74, 6) is -0.963. The lowest BCUT2D eigenvalue weighted by atomic mass is 9.87. The number of nitrogens with one attached hydrogen (secondary N) is 2. The molecule has 5 heteroatoms. The molecule has 0 saturated heterocycles. The van der Waals surface area contributed by atoms with Gasteiger partial charge in [-0.2, -0.15) is 0 Å². The number of para-hydroxylation sites is 1. The van der Waals surface area contributed by atoms with Crippen molar-refractivity contribution in [2.45, 2.75) is 33.1 Å². The Kier molecular flexibility index (Phi) is 5.47. The maximum absolute atomic E-state index is 12.3. The first-order chi connectivity index (χ1) is 11.7. The van der Waals surface area contributed by atoms with Gasteiger partial charge in [0.25, 0.3) is 0 Å². The molecule has 0 aromatic heterocycles. The van der Waals surface area contributed by atoms with Crippen molar-refractivity contribution in [2.24, 2.45) is 0 Å². The molecule has 2 aromatic carbocycles. The SMILES string of the molecule is COc1ccc(C(C)(C)C)cc1NC(=O)C(=O)Nc1ccccc1C. The maximum Gasteiger partial charge on any atom is 0.314 e. The van der Waals surface area contributed by atoms with Gasteiger partial charge in [-0.1, -0.05) is 45.0 Å². The lowest BCUT2D eigenvalue weighted by Gasteiger charge is -2.21. The first-order valence-corrected chi connectivity index (χ1v) is 8.09. The van der Waals surface area contributed by atoms with Gasteiger partial charge in [0, 0.05) is 5.69 Å². The number of hydrogen-bond acceptors (Lipinski definition) is 3. The van der Waals surface area contributed by atoms with E-state index in [0.717, 1.165) is 11.1 Å². The number of benzene rings is 2. The van der Waals surface area contributed by atoms with Crippen LogP contribution in [0.3, 0.4) is 0 Å². The molecule has 2 aromatic rings. The average Bonchev–Trinajstić information content (AvgIpc) is 2.56. The zero-order chi connectivity index (χ0) is 18.6. The van der Waals surface area contributed by atoms with E-state index in [1.807, 2.05) is 31.2 Å². The van der Waals surface area contributed by atoms with Crippen molar-refractivity contribution >= 4 is 23.2 Å². The van der Waals surface area contributed by atoms with E-state index in [9.17, 15) is 9.59 Å². The normalized spacial score (nSPS) is 10.9. The van der Waals surface area contributed by atoms with Crippen molar-refractivity contribution in [1.82, 2.24) is 0 Å². The molecule has 0 radical (unpaired) electrons. The molecule has 0 aliphatic carbocycles. The van der Waals surface area contributed by atoms with Crippen LogP contribution in [0.5, 0.6) is 5.75 Å². The van der Waals surface area contributed by atoms with Crippen LogP contribution in [0, 0.1) is 6.92 Å². The van der Waals surface area contributed by atoms with Gasteiger partial charge in [-0.25, -0.2) is 0 Å². The summed E-state index contributed by atoms with van der Waals surface area (Å²) in [6.07, 6.45) is 0. The van der Waals surface area contributed by atoms with Crippen LogP contribution in [0.2, 0.25) is 0 Å². The smallest absolute Gasteiger partial charge is 0.314 e. The van der Waals surface area contributed by atoms with Crippen molar-refractivity contribution in [3.63, 3.8) is 0 Å². The van der Waals surface area contributed by atoms with Crippen LogP contribution < -0.4 is 15.4 Å². The highest BCUT2D eigenvalue weighted by molar-refractivity contribution is 6.43. The molecular weight excluding hydrogens is 316 g/mol. The summed E-state index contributed by atoms with van der Waals surface area (Å²) in [5, 5.41) is 5.26. The van der Waals surface area contributed by atoms with Crippen molar-refractivity contribution in [1.29, 1.82) is 0 Å². The number of ether oxygens (including phenoxy) is 1. The molecule has 132 valence electrons. The zero-order valence-corrected chi connectivity index (χ0v) is 15.3. The molecule has 0 fully saturated rings. The monoisotopic (exact) mass is 340 g/mol. The van der Waals surface area contributed by atoms with E-state index in [1.54, 1.807) is 18.2 Å². The first-order valence-electron chi connectivity index (χ1n) is 8.09. The number of hydrogen-bond donors (Lipinski definition) is 2. The van der Waals surface area contributed by atoms with Gasteiger partial charge in [0.15, 0.2) is 0 Å². The van der Waals surface area contributed by atoms with E-state index in [2.05, 4.69) is 31.4 Å². The summed E-state index contributed by atoms with van der Waals surface area (Å²) in [7, 11) is 1.52. The quantitative estimate of drug-likeness (QED) is 0.833. The minimum absolute atomic E-state index is 0.0881. The second kappa shape index (κ2) is 7.38. The molecule has 0 heterocycles. The molecule has 0 spiro atoms. The molecule has 0 aliphatic rings. The van der Waals surface area contributed by atoms with E-state index >= 15 is 0 Å². The highest BCUT2D eigenvalue weighted by Crippen LogP contribution is 2.31. The van der Waals surface area contributed by atoms with Crippen molar-refractivity contribution in [3.05, 3.63) is 53.6 Å². The van der Waals surface area contributed by atoms with Gasteiger partial charge in [-0.3, -0.25) is 9.59 Å². The molecule has 0 atom stereocenters. The molecule has 2 rings (SSSR count). The number of rotatable bonds is 3. The van der Waals surface area contributed by atoms with E-state index in [-0.39, 0.29) is 5.41 Å². The third-order valence-corrected chi connectivity index (χ3v) is 3.91. The Morgan fingerprint density at radius 1 is 0.920 bits per heavy atom. The van der Waals surface area contributed by atoms with Crippen molar-refractivity contribution in [2.75, 3.05) is 17.7 Å². The van der Waals surface area contributed by atoms with Gasteiger partial charge in [0.1, 0.15) is 5.75 Å². The molecule has 2 N–H and O–H groups in total. The standard InChI is InChI=1S/C20H24N2O3/c1-13-8-6-7-9-15(13)21-18(23)19(24)22-16-12-14(20(2,3)4)10-11-17(16)25-5/h6-12H,1-5H3,(H,21,23)(H,22,24). The highest BCUT2D eigenvalue weighted by Gasteiger charge is 2.20. The summed E-state index contributed by atoms with van der Waals surface area (Å²) in [5.41, 5.74) is 2.91. The summed E-state index contributed by atoms with van der Waals surface area (Å²) < 4.78 is 5.28. The van der Waals surface area contributed by atoms with Crippen LogP contribution >= 0.6 is 0 Å². The van der Waals surface area contributed by atoms with Gasteiger partial charge in [0.05, 0.1) is 12.8 Å². The fourth-order valence-corrected chi connectivity index (χ4v) is 2.34. The predicted molar refractivity (Wildman–Crippen MR) is 100 cm³/mol.